The Labute approximate surface area is 83.9 Å². The third kappa shape index (κ3) is 3.11. The van der Waals surface area contributed by atoms with Crippen LogP contribution in [0.25, 0.3) is 0 Å². The van der Waals surface area contributed by atoms with E-state index in [1.807, 2.05) is 12.1 Å². The van der Waals surface area contributed by atoms with Gasteiger partial charge in [-0.25, -0.2) is 8.61 Å². The molecule has 0 bridgehead atoms. The van der Waals surface area contributed by atoms with Crippen LogP contribution < -0.4 is 5.32 Å². The van der Waals surface area contributed by atoms with Gasteiger partial charge < -0.3 is 10.1 Å². The summed E-state index contributed by atoms with van der Waals surface area (Å²) in [6, 6.07) is 0. The van der Waals surface area contributed by atoms with Crippen molar-refractivity contribution in [3.05, 3.63) is 0 Å². The summed E-state index contributed by atoms with van der Waals surface area (Å²) in [5, 5.41) is 3.37. The third-order valence-corrected chi connectivity index (χ3v) is 3.39. The Bertz CT molecular complexity index is 130. The van der Waals surface area contributed by atoms with Crippen LogP contribution in [-0.4, -0.2) is 54.7 Å². The van der Waals surface area contributed by atoms with Gasteiger partial charge in [0.25, 0.3) is 0 Å². The molecule has 0 aromatic carbocycles. The fourth-order valence-corrected chi connectivity index (χ4v) is 2.52. The lowest BCUT2D eigenvalue weighted by atomic mass is 10.4. The second-order valence-corrected chi connectivity index (χ2v) is 4.54. The van der Waals surface area contributed by atoms with Crippen molar-refractivity contribution in [2.24, 2.45) is 0 Å². The summed E-state index contributed by atoms with van der Waals surface area (Å²) in [7, 11) is 0. The molecule has 2 rings (SSSR count). The maximum absolute atomic E-state index is 5.30. The Balaban J connectivity index is 1.69. The van der Waals surface area contributed by atoms with Gasteiger partial charge in [0.2, 0.25) is 0 Å². The Morgan fingerprint density at radius 2 is 1.92 bits per heavy atom. The van der Waals surface area contributed by atoms with Gasteiger partial charge in [-0.2, -0.15) is 0 Å². The highest BCUT2D eigenvalue weighted by Gasteiger charge is 2.17. The van der Waals surface area contributed by atoms with Gasteiger partial charge in [0.05, 0.1) is 19.9 Å². The molecule has 13 heavy (non-hydrogen) atoms. The molecule has 2 saturated heterocycles. The van der Waals surface area contributed by atoms with Crippen molar-refractivity contribution in [3.63, 3.8) is 0 Å². The van der Waals surface area contributed by atoms with Crippen molar-refractivity contribution in [3.8, 4) is 0 Å². The van der Waals surface area contributed by atoms with Gasteiger partial charge in [-0.05, 0) is 13.0 Å². The van der Waals surface area contributed by atoms with E-state index in [2.05, 4.69) is 13.9 Å². The first kappa shape index (κ1) is 9.73. The van der Waals surface area contributed by atoms with Crippen LogP contribution in [0, 0.1) is 0 Å². The van der Waals surface area contributed by atoms with E-state index in [4.69, 9.17) is 4.74 Å². The van der Waals surface area contributed by atoms with E-state index < -0.39 is 0 Å². The first-order valence-corrected chi connectivity index (χ1v) is 5.64. The molecule has 2 heterocycles. The van der Waals surface area contributed by atoms with Gasteiger partial charge in [0, 0.05) is 31.8 Å². The summed E-state index contributed by atoms with van der Waals surface area (Å²) >= 11 is 1.87. The molecule has 2 fully saturated rings. The highest BCUT2D eigenvalue weighted by Crippen LogP contribution is 2.18. The monoisotopic (exact) mass is 203 g/mol. The molecule has 0 aromatic rings. The van der Waals surface area contributed by atoms with Crippen molar-refractivity contribution in [1.82, 2.24) is 13.9 Å². The largest absolute Gasteiger partial charge is 0.379 e. The second kappa shape index (κ2) is 5.17. The maximum atomic E-state index is 5.30. The van der Waals surface area contributed by atoms with E-state index in [9.17, 15) is 0 Å². The lowest BCUT2D eigenvalue weighted by molar-refractivity contribution is 0.0755. The zero-order chi connectivity index (χ0) is 8.93. The van der Waals surface area contributed by atoms with Gasteiger partial charge in [-0.1, -0.05) is 0 Å². The SMILES string of the molecule is C1CNCN(SN2CCOCC2)C1. The normalized spacial score (nSPS) is 27.7. The van der Waals surface area contributed by atoms with E-state index in [1.165, 1.54) is 19.5 Å². The summed E-state index contributed by atoms with van der Waals surface area (Å²) in [5.41, 5.74) is 0. The van der Waals surface area contributed by atoms with E-state index in [-0.39, 0.29) is 0 Å². The molecule has 0 aliphatic carbocycles. The van der Waals surface area contributed by atoms with Gasteiger partial charge in [0.15, 0.2) is 0 Å². The van der Waals surface area contributed by atoms with E-state index in [1.54, 1.807) is 0 Å². The van der Waals surface area contributed by atoms with E-state index in [0.29, 0.717) is 0 Å². The van der Waals surface area contributed by atoms with Gasteiger partial charge in [0.1, 0.15) is 0 Å². The molecule has 76 valence electrons. The standard InChI is InChI=1S/C8H17N3OS/c1-2-9-8-11(3-1)13-10-4-6-12-7-5-10/h9H,1-8H2. The molecule has 0 unspecified atom stereocenters. The van der Waals surface area contributed by atoms with Crippen molar-refractivity contribution in [2.45, 2.75) is 6.42 Å². The molecule has 0 atom stereocenters. The molecule has 5 heteroatoms. The topological polar surface area (TPSA) is 27.7 Å². The molecule has 0 aromatic heterocycles. The number of ether oxygens (including phenoxy) is 1. The molecule has 2 aliphatic rings. The summed E-state index contributed by atoms with van der Waals surface area (Å²) in [6.07, 6.45) is 1.26. The first-order chi connectivity index (χ1) is 6.45. The molecular formula is C8H17N3OS. The van der Waals surface area contributed by atoms with Gasteiger partial charge in [-0.15, -0.1) is 0 Å². The first-order valence-electron chi connectivity index (χ1n) is 4.91. The number of morpholine rings is 1. The summed E-state index contributed by atoms with van der Waals surface area (Å²) in [6.45, 7) is 7.27. The molecule has 4 nitrogen and oxygen atoms in total. The predicted octanol–water partition coefficient (Wildman–Crippen LogP) is 0.135. The van der Waals surface area contributed by atoms with Crippen LogP contribution in [0.1, 0.15) is 6.42 Å². The highest BCUT2D eigenvalue weighted by atomic mass is 32.2. The molecule has 2 aliphatic heterocycles. The van der Waals surface area contributed by atoms with E-state index in [0.717, 1.165) is 33.0 Å². The maximum Gasteiger partial charge on any atom is 0.0603 e. The van der Waals surface area contributed by atoms with Crippen LogP contribution in [0.2, 0.25) is 0 Å². The average Bonchev–Trinajstić information content (AvgIpc) is 2.21. The van der Waals surface area contributed by atoms with Crippen LogP contribution in [0.5, 0.6) is 0 Å². The molecule has 0 amide bonds. The van der Waals surface area contributed by atoms with Gasteiger partial charge in [-0.3, -0.25) is 0 Å². The second-order valence-electron chi connectivity index (χ2n) is 3.34. The van der Waals surface area contributed by atoms with Crippen molar-refractivity contribution in [1.29, 1.82) is 0 Å². The zero-order valence-corrected chi connectivity index (χ0v) is 8.68. The third-order valence-electron chi connectivity index (χ3n) is 2.25. The zero-order valence-electron chi connectivity index (χ0n) is 7.87. The minimum absolute atomic E-state index is 0.883. The quantitative estimate of drug-likeness (QED) is 0.644. The number of hydrogen-bond donors (Lipinski definition) is 1. The Morgan fingerprint density at radius 1 is 1.08 bits per heavy atom. The van der Waals surface area contributed by atoms with Gasteiger partial charge >= 0.3 is 0 Å². The lowest BCUT2D eigenvalue weighted by Crippen LogP contribution is -2.41. The van der Waals surface area contributed by atoms with Crippen molar-refractivity contribution < 1.29 is 4.74 Å². The number of nitrogens with one attached hydrogen (secondary N) is 1. The van der Waals surface area contributed by atoms with Crippen LogP contribution in [0.15, 0.2) is 0 Å². The molecule has 0 saturated carbocycles. The van der Waals surface area contributed by atoms with E-state index >= 15 is 0 Å². The highest BCUT2D eigenvalue weighted by molar-refractivity contribution is 7.94. The fraction of sp³-hybridized carbons (Fsp3) is 1.00. The molecular weight excluding hydrogens is 186 g/mol. The summed E-state index contributed by atoms with van der Waals surface area (Å²) in [4.78, 5) is 0. The van der Waals surface area contributed by atoms with Crippen molar-refractivity contribution >= 4 is 12.1 Å². The number of hydrogen-bond acceptors (Lipinski definition) is 5. The Kier molecular flexibility index (Phi) is 3.87. The van der Waals surface area contributed by atoms with Crippen LogP contribution in [0.4, 0.5) is 0 Å². The van der Waals surface area contributed by atoms with Crippen molar-refractivity contribution in [2.75, 3.05) is 46.1 Å². The predicted molar refractivity (Wildman–Crippen MR) is 54.2 cm³/mol. The average molecular weight is 203 g/mol. The molecule has 0 radical (unpaired) electrons. The molecule has 1 N–H and O–H groups in total. The lowest BCUT2D eigenvalue weighted by Gasteiger charge is -2.33. The minimum Gasteiger partial charge on any atom is -0.379 e. The smallest absolute Gasteiger partial charge is 0.0603 e. The Hall–Kier alpha value is 0.190. The number of rotatable bonds is 2. The molecule has 0 spiro atoms. The summed E-state index contributed by atoms with van der Waals surface area (Å²) in [5.74, 6) is 0. The minimum atomic E-state index is 0.883. The van der Waals surface area contributed by atoms with Crippen LogP contribution in [0.3, 0.4) is 0 Å². The number of nitrogens with zero attached hydrogens (tertiary/aromatic N) is 2. The fourth-order valence-electron chi connectivity index (χ4n) is 1.52. The summed E-state index contributed by atoms with van der Waals surface area (Å²) < 4.78 is 10.1. The van der Waals surface area contributed by atoms with Crippen LogP contribution >= 0.6 is 12.1 Å². The van der Waals surface area contributed by atoms with Crippen LogP contribution in [-0.2, 0) is 4.74 Å². The Morgan fingerprint density at radius 3 is 2.62 bits per heavy atom.